The molecule has 6 nitrogen and oxygen atoms in total. The van der Waals surface area contributed by atoms with Gasteiger partial charge in [-0.05, 0) is 0 Å². The molecule has 106 valence electrons. The fraction of sp³-hybridized carbons (Fsp3) is 0.692. The molecule has 19 heavy (non-hydrogen) atoms. The monoisotopic (exact) mass is 265 g/mol. The van der Waals surface area contributed by atoms with Gasteiger partial charge < -0.3 is 15.5 Å². The zero-order chi connectivity index (χ0) is 14.1. The maximum absolute atomic E-state index is 11.2. The molecule has 1 aliphatic rings. The van der Waals surface area contributed by atoms with Crippen LogP contribution in [0.4, 0.5) is 0 Å². The lowest BCUT2D eigenvalue weighted by Crippen LogP contribution is -2.50. The van der Waals surface area contributed by atoms with E-state index in [9.17, 15) is 4.79 Å². The first-order valence-corrected chi connectivity index (χ1v) is 6.53. The van der Waals surface area contributed by atoms with Crippen LogP contribution in [0.2, 0.25) is 0 Å². The number of terminal acetylenes is 1. The minimum absolute atomic E-state index is 0.164. The third-order valence-electron chi connectivity index (χ3n) is 3.12. The van der Waals surface area contributed by atoms with Gasteiger partial charge in [-0.3, -0.25) is 14.7 Å². The van der Waals surface area contributed by atoms with Gasteiger partial charge >= 0.3 is 0 Å². The number of nitrogens with zero attached hydrogens (tertiary/aromatic N) is 3. The van der Waals surface area contributed by atoms with Crippen molar-refractivity contribution in [3.05, 3.63) is 0 Å². The number of carbonyl (C=O) groups is 1. The summed E-state index contributed by atoms with van der Waals surface area (Å²) in [7, 11) is 1.72. The van der Waals surface area contributed by atoms with Gasteiger partial charge in [0.05, 0.1) is 6.54 Å². The van der Waals surface area contributed by atoms with Crippen molar-refractivity contribution in [1.29, 1.82) is 0 Å². The molecule has 0 aromatic rings. The molecule has 1 saturated heterocycles. The van der Waals surface area contributed by atoms with E-state index < -0.39 is 0 Å². The summed E-state index contributed by atoms with van der Waals surface area (Å²) in [6.45, 7) is 7.33. The highest BCUT2D eigenvalue weighted by Gasteiger charge is 2.17. The fourth-order valence-corrected chi connectivity index (χ4v) is 1.97. The van der Waals surface area contributed by atoms with Crippen LogP contribution in [0.15, 0.2) is 4.99 Å². The topological polar surface area (TPSA) is 60.0 Å². The number of aliphatic imine (C=N–C) groups is 1. The lowest BCUT2D eigenvalue weighted by molar-refractivity contribution is -0.130. The molecule has 0 radical (unpaired) electrons. The lowest BCUT2D eigenvalue weighted by atomic mass is 10.3. The van der Waals surface area contributed by atoms with Crippen molar-refractivity contribution >= 4 is 11.9 Å². The number of piperazine rings is 1. The van der Waals surface area contributed by atoms with Gasteiger partial charge in [-0.1, -0.05) is 5.92 Å². The zero-order valence-corrected chi connectivity index (χ0v) is 11.8. The number of guanidine groups is 1. The smallest absolute Gasteiger partial charge is 0.219 e. The van der Waals surface area contributed by atoms with E-state index in [1.165, 1.54) is 0 Å². The summed E-state index contributed by atoms with van der Waals surface area (Å²) >= 11 is 0. The average molecular weight is 265 g/mol. The van der Waals surface area contributed by atoms with Crippen LogP contribution in [-0.2, 0) is 4.79 Å². The second-order valence-corrected chi connectivity index (χ2v) is 4.40. The maximum Gasteiger partial charge on any atom is 0.219 e. The fourth-order valence-electron chi connectivity index (χ4n) is 1.97. The van der Waals surface area contributed by atoms with Crippen molar-refractivity contribution < 1.29 is 4.79 Å². The van der Waals surface area contributed by atoms with E-state index in [0.29, 0.717) is 6.54 Å². The Bertz CT molecular complexity index is 353. The first-order valence-electron chi connectivity index (χ1n) is 6.53. The third-order valence-corrected chi connectivity index (χ3v) is 3.12. The van der Waals surface area contributed by atoms with Gasteiger partial charge in [0.15, 0.2) is 5.96 Å². The Kier molecular flexibility index (Phi) is 6.75. The van der Waals surface area contributed by atoms with Gasteiger partial charge in [0.2, 0.25) is 5.91 Å². The zero-order valence-electron chi connectivity index (χ0n) is 11.8. The summed E-state index contributed by atoms with van der Waals surface area (Å²) in [6.07, 6.45) is 5.18. The molecule has 1 aliphatic heterocycles. The molecule has 0 aromatic heterocycles. The highest BCUT2D eigenvalue weighted by molar-refractivity contribution is 5.79. The van der Waals surface area contributed by atoms with E-state index in [4.69, 9.17) is 6.42 Å². The van der Waals surface area contributed by atoms with E-state index in [1.807, 2.05) is 4.90 Å². The van der Waals surface area contributed by atoms with Crippen LogP contribution in [-0.4, -0.2) is 74.5 Å². The Morgan fingerprint density at radius 1 is 1.32 bits per heavy atom. The van der Waals surface area contributed by atoms with Crippen LogP contribution < -0.4 is 10.6 Å². The summed E-state index contributed by atoms with van der Waals surface area (Å²) in [6, 6.07) is 0. The number of hydrogen-bond donors (Lipinski definition) is 2. The number of carbonyl (C=O) groups excluding carboxylic acids is 1. The quantitative estimate of drug-likeness (QED) is 0.387. The summed E-state index contributed by atoms with van der Waals surface area (Å²) in [5.41, 5.74) is 0. The molecule has 1 amide bonds. The summed E-state index contributed by atoms with van der Waals surface area (Å²) in [5.74, 6) is 3.39. The van der Waals surface area contributed by atoms with Gasteiger partial charge in [-0.25, -0.2) is 0 Å². The van der Waals surface area contributed by atoms with Gasteiger partial charge in [0.25, 0.3) is 0 Å². The largest absolute Gasteiger partial charge is 0.355 e. The van der Waals surface area contributed by atoms with Crippen molar-refractivity contribution in [1.82, 2.24) is 20.4 Å². The highest BCUT2D eigenvalue weighted by Crippen LogP contribution is 2.00. The predicted octanol–water partition coefficient (Wildman–Crippen LogP) is -1.05. The number of hydrogen-bond acceptors (Lipinski definition) is 3. The summed E-state index contributed by atoms with van der Waals surface area (Å²) in [5, 5.41) is 6.22. The molecule has 6 heteroatoms. The van der Waals surface area contributed by atoms with E-state index in [1.54, 1.807) is 14.0 Å². The molecule has 0 aromatic carbocycles. The first-order chi connectivity index (χ1) is 9.17. The summed E-state index contributed by atoms with van der Waals surface area (Å²) in [4.78, 5) is 19.5. The lowest BCUT2D eigenvalue weighted by Gasteiger charge is -2.34. The number of nitrogens with one attached hydrogen (secondary N) is 2. The Hall–Kier alpha value is -1.74. The number of amides is 1. The standard InChI is InChI=1S/C13H23N5O/c1-4-5-15-13(14-3)16-6-7-17-8-10-18(11-9-17)12(2)19/h1H,5-11H2,2-3H3,(H2,14,15,16). The first kappa shape index (κ1) is 15.3. The SMILES string of the molecule is C#CCNC(=NC)NCCN1CCN(C(C)=O)CC1. The van der Waals surface area contributed by atoms with Crippen LogP contribution in [0.1, 0.15) is 6.92 Å². The van der Waals surface area contributed by atoms with E-state index in [-0.39, 0.29) is 5.91 Å². The minimum Gasteiger partial charge on any atom is -0.355 e. The normalized spacial score (nSPS) is 16.9. The summed E-state index contributed by atoms with van der Waals surface area (Å²) < 4.78 is 0. The molecule has 0 unspecified atom stereocenters. The third kappa shape index (κ3) is 5.62. The predicted molar refractivity (Wildman–Crippen MR) is 76.9 cm³/mol. The van der Waals surface area contributed by atoms with Crippen LogP contribution in [0.25, 0.3) is 0 Å². The van der Waals surface area contributed by atoms with Crippen LogP contribution in [0, 0.1) is 12.3 Å². The molecule has 0 spiro atoms. The van der Waals surface area contributed by atoms with E-state index >= 15 is 0 Å². The molecule has 1 rings (SSSR count). The molecule has 2 N–H and O–H groups in total. The average Bonchev–Trinajstić information content (AvgIpc) is 2.43. The number of rotatable bonds is 4. The van der Waals surface area contributed by atoms with Crippen molar-refractivity contribution in [2.45, 2.75) is 6.92 Å². The van der Waals surface area contributed by atoms with Crippen molar-refractivity contribution in [3.8, 4) is 12.3 Å². The molecule has 1 fully saturated rings. The molecule has 0 saturated carbocycles. The van der Waals surface area contributed by atoms with Crippen LogP contribution in [0.5, 0.6) is 0 Å². The van der Waals surface area contributed by atoms with E-state index in [0.717, 1.165) is 45.2 Å². The van der Waals surface area contributed by atoms with Crippen molar-refractivity contribution in [3.63, 3.8) is 0 Å². The van der Waals surface area contributed by atoms with Crippen molar-refractivity contribution in [2.24, 2.45) is 4.99 Å². The maximum atomic E-state index is 11.2. The van der Waals surface area contributed by atoms with Crippen LogP contribution >= 0.6 is 0 Å². The Labute approximate surface area is 115 Å². The molecule has 1 heterocycles. The highest BCUT2D eigenvalue weighted by atomic mass is 16.2. The van der Waals surface area contributed by atoms with Gasteiger partial charge in [-0.2, -0.15) is 0 Å². The van der Waals surface area contributed by atoms with Gasteiger partial charge in [0.1, 0.15) is 0 Å². The molecular formula is C13H23N5O. The van der Waals surface area contributed by atoms with Gasteiger partial charge in [-0.15, -0.1) is 6.42 Å². The second-order valence-electron chi connectivity index (χ2n) is 4.40. The second kappa shape index (κ2) is 8.38. The van der Waals surface area contributed by atoms with Crippen molar-refractivity contribution in [2.75, 3.05) is 52.9 Å². The molecular weight excluding hydrogens is 242 g/mol. The Balaban J connectivity index is 2.17. The van der Waals surface area contributed by atoms with E-state index in [2.05, 4.69) is 26.4 Å². The van der Waals surface area contributed by atoms with Gasteiger partial charge in [0, 0.05) is 53.2 Å². The minimum atomic E-state index is 0.164. The Morgan fingerprint density at radius 3 is 2.53 bits per heavy atom. The Morgan fingerprint density at radius 2 is 2.00 bits per heavy atom. The molecule has 0 aliphatic carbocycles. The van der Waals surface area contributed by atoms with Crippen LogP contribution in [0.3, 0.4) is 0 Å². The molecule has 0 atom stereocenters. The molecule has 0 bridgehead atoms.